The average molecular weight is 294 g/mol. The predicted octanol–water partition coefficient (Wildman–Crippen LogP) is -2.39. The largest absolute Gasteiger partial charge is 2.00 e. The second-order valence-corrected chi connectivity index (χ2v) is 0. The fraction of sp³-hybridized carbons (Fsp3) is 0. The molecule has 0 aliphatic rings. The maximum Gasteiger partial charge on any atom is 2.00 e. The van der Waals surface area contributed by atoms with Crippen LogP contribution in [0.4, 0.5) is 0 Å². The van der Waals surface area contributed by atoms with E-state index in [-0.39, 0.29) is 80.7 Å². The van der Waals surface area contributed by atoms with Crippen LogP contribution in [0.5, 0.6) is 0 Å². The van der Waals surface area contributed by atoms with Gasteiger partial charge >= 0.3 is 37.7 Å². The molecule has 0 radical (unpaired) electrons. The van der Waals surface area contributed by atoms with Crippen molar-refractivity contribution in [2.75, 3.05) is 0 Å². The van der Waals surface area contributed by atoms with Crippen LogP contribution in [0.2, 0.25) is 0 Å². The normalized spacial score (nSPS) is 0. The molecule has 0 saturated heterocycles. The average Bonchev–Trinajstić information content (AvgIpc) is 0. The van der Waals surface area contributed by atoms with Crippen LogP contribution in [0.1, 0.15) is 0 Å². The Morgan fingerprint density at radius 2 is 0.667 bits per heavy atom. The quantitative estimate of drug-likeness (QED) is 0.463. The van der Waals surface area contributed by atoms with Gasteiger partial charge < -0.3 is 21.9 Å². The molecule has 0 aliphatic heterocycles. The fourth-order valence-electron chi connectivity index (χ4n) is 0. The van der Waals surface area contributed by atoms with E-state index >= 15 is 0 Å². The van der Waals surface area contributed by atoms with Gasteiger partial charge in [0.2, 0.25) is 0 Å². The van der Waals surface area contributed by atoms with Crippen LogP contribution < -0.4 is 0 Å². The van der Waals surface area contributed by atoms with Gasteiger partial charge in [0.05, 0.1) is 0 Å². The predicted molar refractivity (Wildman–Crippen MR) is 16.9 cm³/mol. The molecule has 0 amide bonds. The van der Waals surface area contributed by atoms with Crippen LogP contribution in [0.15, 0.2) is 0 Å². The zero-order valence-corrected chi connectivity index (χ0v) is 8.15. The zero-order valence-electron chi connectivity index (χ0n) is 3.01. The fourth-order valence-corrected chi connectivity index (χ4v) is 0. The summed E-state index contributed by atoms with van der Waals surface area (Å²) in [7, 11) is 0. The Bertz CT molecular complexity index is 7.51. The van der Waals surface area contributed by atoms with Crippen LogP contribution in [0.3, 0.4) is 0 Å². The topological polar surface area (TPSA) is 123 Å². The molecule has 0 aliphatic carbocycles. The van der Waals surface area contributed by atoms with Crippen molar-refractivity contribution in [2.45, 2.75) is 0 Å². The summed E-state index contributed by atoms with van der Waals surface area (Å²) < 4.78 is 0. The van der Waals surface area contributed by atoms with Crippen molar-refractivity contribution in [3.8, 4) is 0 Å². The molecular weight excluding hydrogens is 288 g/mol. The first kappa shape index (κ1) is 112. The van der Waals surface area contributed by atoms with Crippen molar-refractivity contribution >= 4 is 37.7 Å². The second-order valence-electron chi connectivity index (χ2n) is 0. The third kappa shape index (κ3) is 41.5. The molecule has 0 heterocycles. The van der Waals surface area contributed by atoms with Gasteiger partial charge in [-0.25, -0.2) is 0 Å². The van der Waals surface area contributed by atoms with E-state index in [9.17, 15) is 0 Å². The third-order valence-corrected chi connectivity index (χ3v) is 0. The second kappa shape index (κ2) is 71.1. The minimum atomic E-state index is 0. The van der Waals surface area contributed by atoms with Crippen molar-refractivity contribution < 1.29 is 43.0 Å². The Balaban J connectivity index is 0. The molecule has 0 aromatic carbocycles. The summed E-state index contributed by atoms with van der Waals surface area (Å²) in [5.41, 5.74) is 0. The molecule has 6 heteroatoms. The van der Waals surface area contributed by atoms with Crippen LogP contribution in [0.25, 0.3) is 0 Å². The molecule has 0 aromatic heterocycles. The molecular formula is H6CaO4W. The molecule has 0 aromatic rings. The summed E-state index contributed by atoms with van der Waals surface area (Å²) in [6.45, 7) is 0. The van der Waals surface area contributed by atoms with E-state index in [4.69, 9.17) is 0 Å². The minimum absolute atomic E-state index is 0. The Morgan fingerprint density at radius 3 is 0.667 bits per heavy atom. The van der Waals surface area contributed by atoms with E-state index < -0.39 is 0 Å². The Labute approximate surface area is 79.8 Å². The first-order valence-electron chi connectivity index (χ1n) is 0. The monoisotopic (exact) mass is 294 g/mol. The van der Waals surface area contributed by atoms with Crippen molar-refractivity contribution in [1.82, 2.24) is 0 Å². The first-order valence-corrected chi connectivity index (χ1v) is 0. The molecule has 0 saturated carbocycles. The van der Waals surface area contributed by atoms with Crippen molar-refractivity contribution in [3.05, 3.63) is 0 Å². The minimum Gasteiger partial charge on any atom is -0.870 e. The van der Waals surface area contributed by atoms with E-state index in [0.717, 1.165) is 0 Å². The summed E-state index contributed by atoms with van der Waals surface area (Å²) in [6.07, 6.45) is 0. The van der Waals surface area contributed by atoms with E-state index in [1.165, 1.54) is 0 Å². The number of hydrogen-bond donors (Lipinski definition) is 0. The van der Waals surface area contributed by atoms with Gasteiger partial charge in [-0.05, 0) is 0 Å². The van der Waals surface area contributed by atoms with Gasteiger partial charge in [-0.15, -0.1) is 0 Å². The summed E-state index contributed by atoms with van der Waals surface area (Å²) in [6, 6.07) is 0. The van der Waals surface area contributed by atoms with Crippen LogP contribution >= 0.6 is 0 Å². The van der Waals surface area contributed by atoms with Gasteiger partial charge in [-0.3, -0.25) is 0 Å². The van der Waals surface area contributed by atoms with E-state index in [2.05, 4.69) is 0 Å². The Morgan fingerprint density at radius 1 is 0.667 bits per heavy atom. The molecule has 6 heavy (non-hydrogen) atoms. The van der Waals surface area contributed by atoms with Gasteiger partial charge in [0.1, 0.15) is 0 Å². The summed E-state index contributed by atoms with van der Waals surface area (Å²) >= 11 is 0. The molecule has 0 spiro atoms. The van der Waals surface area contributed by atoms with Gasteiger partial charge in [-0.1, -0.05) is 0 Å². The molecule has 0 bridgehead atoms. The van der Waals surface area contributed by atoms with Gasteiger partial charge in [0, 0.05) is 21.1 Å². The molecule has 4 nitrogen and oxygen atoms in total. The van der Waals surface area contributed by atoms with Crippen molar-refractivity contribution in [3.63, 3.8) is 0 Å². The van der Waals surface area contributed by atoms with E-state index in [1.807, 2.05) is 0 Å². The summed E-state index contributed by atoms with van der Waals surface area (Å²) in [5, 5.41) is 0. The summed E-state index contributed by atoms with van der Waals surface area (Å²) in [5.74, 6) is 0. The Hall–Kier alpha value is 1.79. The molecule has 0 rings (SSSR count). The van der Waals surface area contributed by atoms with E-state index in [1.54, 1.807) is 0 Å². The molecule has 38 valence electrons. The molecule has 0 fully saturated rings. The maximum absolute atomic E-state index is 0. The molecule has 6 N–H and O–H groups in total. The van der Waals surface area contributed by atoms with Gasteiger partial charge in [0.15, 0.2) is 0 Å². The number of hydrogen-bond acceptors (Lipinski definition) is 2. The van der Waals surface area contributed by atoms with Crippen molar-refractivity contribution in [2.24, 2.45) is 0 Å². The van der Waals surface area contributed by atoms with Gasteiger partial charge in [0.25, 0.3) is 0 Å². The van der Waals surface area contributed by atoms with Crippen LogP contribution in [0, 0.1) is 0 Å². The number of rotatable bonds is 0. The Kier molecular flexibility index (Phi) is 1330. The standard InChI is InChI=1S/Ca.4H2O.W/h;4*1H2;/q+2;;;;;/p-2. The maximum atomic E-state index is 0. The smallest absolute Gasteiger partial charge is 0.870 e. The third-order valence-electron chi connectivity index (χ3n) is 0. The van der Waals surface area contributed by atoms with Crippen molar-refractivity contribution in [1.29, 1.82) is 0 Å². The summed E-state index contributed by atoms with van der Waals surface area (Å²) in [4.78, 5) is 0. The van der Waals surface area contributed by atoms with Gasteiger partial charge in [-0.2, -0.15) is 0 Å². The SMILES string of the molecule is O.O.[Ca+2].[OH-].[OH-].[W]. The molecule has 0 unspecified atom stereocenters. The van der Waals surface area contributed by atoms with Crippen LogP contribution in [-0.2, 0) is 21.1 Å². The van der Waals surface area contributed by atoms with E-state index in [0.29, 0.717) is 0 Å². The zero-order chi connectivity index (χ0) is 0. The molecule has 0 atom stereocenters. The van der Waals surface area contributed by atoms with Crippen LogP contribution in [-0.4, -0.2) is 59.6 Å². The first-order chi connectivity index (χ1) is 0.